The Labute approximate surface area is 96.2 Å². The van der Waals surface area contributed by atoms with Gasteiger partial charge in [0.1, 0.15) is 5.03 Å². The molecule has 0 spiro atoms. The van der Waals surface area contributed by atoms with E-state index in [-0.39, 0.29) is 11.4 Å². The van der Waals surface area contributed by atoms with Gasteiger partial charge in [-0.3, -0.25) is 0 Å². The maximum Gasteiger partial charge on any atom is 0.419 e. The molecule has 0 fully saturated rings. The predicted octanol–water partition coefficient (Wildman–Crippen LogP) is 1.91. The van der Waals surface area contributed by atoms with Crippen LogP contribution in [0.4, 0.5) is 18.9 Å². The number of alkyl halides is 3. The van der Waals surface area contributed by atoms with Crippen molar-refractivity contribution in [1.82, 2.24) is 4.98 Å². The summed E-state index contributed by atoms with van der Waals surface area (Å²) in [5, 5.41) is -0.489. The number of hydrogen-bond donors (Lipinski definition) is 1. The lowest BCUT2D eigenvalue weighted by Crippen LogP contribution is -2.16. The van der Waals surface area contributed by atoms with Gasteiger partial charge in [0.05, 0.1) is 27.2 Å². The molecule has 2 N–H and O–H groups in total. The molecule has 0 radical (unpaired) electrons. The Hall–Kier alpha value is -1.31. The van der Waals surface area contributed by atoms with Crippen molar-refractivity contribution in [2.24, 2.45) is 4.36 Å². The van der Waals surface area contributed by atoms with Crippen LogP contribution in [0.5, 0.6) is 0 Å². The van der Waals surface area contributed by atoms with Crippen molar-refractivity contribution >= 4 is 15.4 Å². The fourth-order valence-electron chi connectivity index (χ4n) is 1.62. The summed E-state index contributed by atoms with van der Waals surface area (Å²) in [4.78, 5) is 3.58. The van der Waals surface area contributed by atoms with E-state index in [2.05, 4.69) is 9.35 Å². The van der Waals surface area contributed by atoms with Crippen LogP contribution in [0.15, 0.2) is 21.7 Å². The first kappa shape index (κ1) is 12.2. The second-order valence-electron chi connectivity index (χ2n) is 3.67. The average molecular weight is 265 g/mol. The molecule has 1 aliphatic heterocycles. The highest BCUT2D eigenvalue weighted by Gasteiger charge is 2.38. The van der Waals surface area contributed by atoms with E-state index in [1.54, 1.807) is 0 Å². The van der Waals surface area contributed by atoms with E-state index in [0.29, 0.717) is 13.0 Å². The van der Waals surface area contributed by atoms with Crippen molar-refractivity contribution < 1.29 is 17.4 Å². The first-order valence-electron chi connectivity index (χ1n) is 4.86. The van der Waals surface area contributed by atoms with E-state index in [1.807, 2.05) is 0 Å². The SMILES string of the molecule is Nc1cnc(S2(=O)=NCCC2)c(C(F)(F)F)c1. The number of pyridine rings is 1. The number of nitrogen functional groups attached to an aromatic ring is 1. The lowest BCUT2D eigenvalue weighted by molar-refractivity contribution is -0.140. The Balaban J connectivity index is 2.67. The summed E-state index contributed by atoms with van der Waals surface area (Å²) in [7, 11) is -3.02. The van der Waals surface area contributed by atoms with Crippen LogP contribution < -0.4 is 5.73 Å². The minimum atomic E-state index is -4.62. The van der Waals surface area contributed by atoms with Gasteiger partial charge in [-0.15, -0.1) is 0 Å². The first-order chi connectivity index (χ1) is 7.83. The van der Waals surface area contributed by atoms with E-state index in [9.17, 15) is 17.4 Å². The largest absolute Gasteiger partial charge is 0.419 e. The number of rotatable bonds is 1. The van der Waals surface area contributed by atoms with Crippen molar-refractivity contribution in [2.75, 3.05) is 18.0 Å². The zero-order chi connectivity index (χ0) is 12.7. The third-order valence-electron chi connectivity index (χ3n) is 2.36. The maximum absolute atomic E-state index is 12.8. The molecule has 94 valence electrons. The zero-order valence-corrected chi connectivity index (χ0v) is 9.51. The van der Waals surface area contributed by atoms with Crippen molar-refractivity contribution in [3.05, 3.63) is 17.8 Å². The molecule has 0 amide bonds. The lowest BCUT2D eigenvalue weighted by Gasteiger charge is -2.13. The number of hydrogen-bond acceptors (Lipinski definition) is 4. The highest BCUT2D eigenvalue weighted by molar-refractivity contribution is 7.93. The molecule has 0 saturated carbocycles. The molecule has 1 unspecified atom stereocenters. The van der Waals surface area contributed by atoms with Gasteiger partial charge in [-0.1, -0.05) is 0 Å². The fourth-order valence-corrected chi connectivity index (χ4v) is 3.75. The summed E-state index contributed by atoms with van der Waals surface area (Å²) < 4.78 is 54.3. The number of halogens is 3. The molecular formula is C9H10F3N3OS. The van der Waals surface area contributed by atoms with Crippen molar-refractivity contribution in [3.63, 3.8) is 0 Å². The van der Waals surface area contributed by atoms with Gasteiger partial charge in [-0.2, -0.15) is 13.2 Å². The summed E-state index contributed by atoms with van der Waals surface area (Å²) in [6.07, 6.45) is -3.03. The molecule has 0 bridgehead atoms. The molecule has 0 aromatic carbocycles. The Morgan fingerprint density at radius 2 is 2.12 bits per heavy atom. The highest BCUT2D eigenvalue weighted by Crippen LogP contribution is 2.36. The minimum Gasteiger partial charge on any atom is -0.397 e. The summed E-state index contributed by atoms with van der Waals surface area (Å²) in [5.41, 5.74) is 4.12. The van der Waals surface area contributed by atoms with Crippen LogP contribution in [-0.4, -0.2) is 21.5 Å². The molecule has 17 heavy (non-hydrogen) atoms. The molecule has 8 heteroatoms. The molecule has 2 heterocycles. The van der Waals surface area contributed by atoms with Crippen LogP contribution in [0.3, 0.4) is 0 Å². The van der Waals surface area contributed by atoms with Crippen molar-refractivity contribution in [2.45, 2.75) is 17.6 Å². The molecule has 0 saturated heterocycles. The number of aromatic nitrogens is 1. The zero-order valence-electron chi connectivity index (χ0n) is 8.70. The van der Waals surface area contributed by atoms with Crippen LogP contribution >= 0.6 is 0 Å². The highest BCUT2D eigenvalue weighted by atomic mass is 32.2. The average Bonchev–Trinajstić information content (AvgIpc) is 2.64. The summed E-state index contributed by atoms with van der Waals surface area (Å²) >= 11 is 0. The number of nitrogens with two attached hydrogens (primary N) is 1. The van der Waals surface area contributed by atoms with Gasteiger partial charge in [-0.25, -0.2) is 13.6 Å². The van der Waals surface area contributed by atoms with Gasteiger partial charge in [0.15, 0.2) is 0 Å². The summed E-state index contributed by atoms with van der Waals surface area (Å²) in [5.74, 6) is 0.118. The van der Waals surface area contributed by atoms with Gasteiger partial charge in [0.25, 0.3) is 0 Å². The fraction of sp³-hybridized carbons (Fsp3) is 0.444. The second-order valence-corrected chi connectivity index (χ2v) is 6.00. The van der Waals surface area contributed by atoms with Crippen LogP contribution in [0.2, 0.25) is 0 Å². The monoisotopic (exact) mass is 265 g/mol. The number of anilines is 1. The van der Waals surface area contributed by atoms with Crippen LogP contribution in [0.1, 0.15) is 12.0 Å². The van der Waals surface area contributed by atoms with Crippen LogP contribution in [-0.2, 0) is 15.9 Å². The molecule has 0 aliphatic carbocycles. The molecule has 1 atom stereocenters. The van der Waals surface area contributed by atoms with Gasteiger partial charge in [-0.05, 0) is 12.5 Å². The van der Waals surface area contributed by atoms with E-state index in [1.165, 1.54) is 0 Å². The Kier molecular flexibility index (Phi) is 2.76. The molecule has 4 nitrogen and oxygen atoms in total. The Morgan fingerprint density at radius 1 is 1.41 bits per heavy atom. The van der Waals surface area contributed by atoms with Gasteiger partial charge in [0.2, 0.25) is 0 Å². The Bertz CT molecular complexity index is 561. The van der Waals surface area contributed by atoms with Gasteiger partial charge in [0, 0.05) is 12.3 Å². The van der Waals surface area contributed by atoms with Crippen molar-refractivity contribution in [3.8, 4) is 0 Å². The molecule has 1 aromatic heterocycles. The maximum atomic E-state index is 12.8. The van der Waals surface area contributed by atoms with E-state index < -0.39 is 26.5 Å². The number of nitrogens with zero attached hydrogens (tertiary/aromatic N) is 2. The topological polar surface area (TPSA) is 68.3 Å². The van der Waals surface area contributed by atoms with E-state index in [4.69, 9.17) is 5.73 Å². The summed E-state index contributed by atoms with van der Waals surface area (Å²) in [6, 6.07) is 0.753. The lowest BCUT2D eigenvalue weighted by atomic mass is 10.2. The van der Waals surface area contributed by atoms with Crippen LogP contribution in [0.25, 0.3) is 0 Å². The molecular weight excluding hydrogens is 255 g/mol. The third kappa shape index (κ3) is 2.21. The second kappa shape index (κ2) is 3.86. The standard InChI is InChI=1S/C9H10F3N3OS/c10-9(11,12)7-4-6(13)5-14-8(7)17(16)3-1-2-15-17/h4-5H,1-3,13H2. The molecule has 1 aromatic rings. The third-order valence-corrected chi connectivity index (χ3v) is 4.73. The van der Waals surface area contributed by atoms with Gasteiger partial charge < -0.3 is 5.73 Å². The minimum absolute atomic E-state index is 0.109. The quantitative estimate of drug-likeness (QED) is 0.843. The summed E-state index contributed by atoms with van der Waals surface area (Å²) in [6.45, 7) is 0.308. The molecule has 2 rings (SSSR count). The van der Waals surface area contributed by atoms with Gasteiger partial charge >= 0.3 is 6.18 Å². The van der Waals surface area contributed by atoms with Crippen molar-refractivity contribution in [1.29, 1.82) is 0 Å². The molecule has 1 aliphatic rings. The predicted molar refractivity (Wildman–Crippen MR) is 56.8 cm³/mol. The normalized spacial score (nSPS) is 24.6. The smallest absolute Gasteiger partial charge is 0.397 e. The van der Waals surface area contributed by atoms with E-state index in [0.717, 1.165) is 12.3 Å². The van der Waals surface area contributed by atoms with E-state index >= 15 is 0 Å². The first-order valence-corrected chi connectivity index (χ1v) is 6.55. The Morgan fingerprint density at radius 3 is 2.65 bits per heavy atom. The van der Waals surface area contributed by atoms with Crippen LogP contribution in [0, 0.1) is 0 Å².